The summed E-state index contributed by atoms with van der Waals surface area (Å²) in [5.74, 6) is -0.532. The van der Waals surface area contributed by atoms with Gasteiger partial charge in [-0.3, -0.25) is 19.8 Å². The number of carbonyl (C=O) groups excluding carboxylic acids is 2. The predicted octanol–water partition coefficient (Wildman–Crippen LogP) is 2.96. The third-order valence-electron chi connectivity index (χ3n) is 6.71. The highest BCUT2D eigenvalue weighted by molar-refractivity contribution is 7.97. The first-order valence-corrected chi connectivity index (χ1v) is 14.0. The van der Waals surface area contributed by atoms with Crippen LogP contribution in [-0.2, 0) is 20.8 Å². The summed E-state index contributed by atoms with van der Waals surface area (Å²) in [5.41, 5.74) is 13.3. The number of piperidine rings is 1. The topological polar surface area (TPSA) is 175 Å². The van der Waals surface area contributed by atoms with E-state index in [9.17, 15) is 14.4 Å². The molecule has 0 aromatic heterocycles. The minimum Gasteiger partial charge on any atom is -0.481 e. The van der Waals surface area contributed by atoms with Gasteiger partial charge in [-0.1, -0.05) is 24.3 Å². The standard InChI is InChI=1S/C28H38N6O4S/c29-13-10-25(35)32-22-7-3-8-23(18-22)39-33-24(17-20-5-1-6-21(16-20)27(30)31)28(38)34-14-11-19(12-15-34)4-2-9-26(36)37/h1,3,5-8,16,18-19,24,33H,2,4,9-15,17,29H2,(H3,30,31)(H,32,35)(H,36,37)/t24-/m0/s1. The molecule has 0 unspecified atom stereocenters. The fourth-order valence-electron chi connectivity index (χ4n) is 4.62. The summed E-state index contributed by atoms with van der Waals surface area (Å²) in [6.07, 6.45) is 4.07. The first kappa shape index (κ1) is 30.1. The smallest absolute Gasteiger partial charge is 0.303 e. The molecular weight excluding hydrogens is 516 g/mol. The molecule has 8 N–H and O–H groups in total. The first-order valence-electron chi connectivity index (χ1n) is 13.2. The van der Waals surface area contributed by atoms with Gasteiger partial charge >= 0.3 is 5.97 Å². The molecule has 2 amide bonds. The molecule has 39 heavy (non-hydrogen) atoms. The summed E-state index contributed by atoms with van der Waals surface area (Å²) in [6, 6.07) is 14.2. The fraction of sp³-hybridized carbons (Fsp3) is 0.429. The highest BCUT2D eigenvalue weighted by Crippen LogP contribution is 2.25. The second-order valence-electron chi connectivity index (χ2n) is 9.76. The van der Waals surface area contributed by atoms with E-state index in [0.29, 0.717) is 43.1 Å². The number of nitrogen functional groups attached to an aromatic ring is 1. The van der Waals surface area contributed by atoms with Crippen molar-refractivity contribution < 1.29 is 19.5 Å². The van der Waals surface area contributed by atoms with Gasteiger partial charge in [-0.25, -0.2) is 4.72 Å². The van der Waals surface area contributed by atoms with Gasteiger partial charge in [0.15, 0.2) is 0 Å². The van der Waals surface area contributed by atoms with Crippen molar-refractivity contribution in [1.29, 1.82) is 5.41 Å². The van der Waals surface area contributed by atoms with E-state index in [-0.39, 0.29) is 37.0 Å². The largest absolute Gasteiger partial charge is 0.481 e. The molecule has 2 aromatic carbocycles. The molecule has 2 aromatic rings. The van der Waals surface area contributed by atoms with Crippen molar-refractivity contribution >= 4 is 41.3 Å². The molecule has 1 atom stereocenters. The van der Waals surface area contributed by atoms with Gasteiger partial charge in [0.2, 0.25) is 11.8 Å². The average molecular weight is 555 g/mol. The number of aliphatic carboxylic acids is 1. The Morgan fingerprint density at radius 1 is 1.10 bits per heavy atom. The number of nitrogens with two attached hydrogens (primary N) is 2. The molecule has 0 spiro atoms. The molecule has 1 aliphatic rings. The van der Waals surface area contributed by atoms with Gasteiger partial charge in [0.05, 0.1) is 0 Å². The number of anilines is 1. The molecule has 0 aliphatic carbocycles. The Balaban J connectivity index is 1.68. The van der Waals surface area contributed by atoms with E-state index in [1.54, 1.807) is 12.1 Å². The maximum absolute atomic E-state index is 13.7. The number of carbonyl (C=O) groups is 3. The van der Waals surface area contributed by atoms with Crippen LogP contribution in [0.15, 0.2) is 53.4 Å². The van der Waals surface area contributed by atoms with Crippen LogP contribution in [0.4, 0.5) is 5.69 Å². The second kappa shape index (κ2) is 15.2. The predicted molar refractivity (Wildman–Crippen MR) is 153 cm³/mol. The molecule has 0 radical (unpaired) electrons. The lowest BCUT2D eigenvalue weighted by Gasteiger charge is -2.34. The number of nitrogens with zero attached hydrogens (tertiary/aromatic N) is 1. The van der Waals surface area contributed by atoms with Gasteiger partial charge in [-0.05, 0) is 79.8 Å². The average Bonchev–Trinajstić information content (AvgIpc) is 2.91. The number of carboxylic acid groups (broad SMARTS) is 1. The quantitative estimate of drug-likeness (QED) is 0.117. The molecule has 10 nitrogen and oxygen atoms in total. The van der Waals surface area contributed by atoms with E-state index in [1.165, 1.54) is 11.9 Å². The van der Waals surface area contributed by atoms with Crippen molar-refractivity contribution in [1.82, 2.24) is 9.62 Å². The van der Waals surface area contributed by atoms with Crippen LogP contribution >= 0.6 is 11.9 Å². The van der Waals surface area contributed by atoms with E-state index in [2.05, 4.69) is 10.0 Å². The minimum atomic E-state index is -0.772. The fourth-order valence-corrected chi connectivity index (χ4v) is 5.41. The van der Waals surface area contributed by atoms with E-state index < -0.39 is 12.0 Å². The Hall–Kier alpha value is -3.41. The number of hydrogen-bond acceptors (Lipinski definition) is 7. The molecule has 0 saturated carbocycles. The Bertz CT molecular complexity index is 1150. The highest BCUT2D eigenvalue weighted by Gasteiger charge is 2.28. The van der Waals surface area contributed by atoms with Crippen LogP contribution in [0.1, 0.15) is 49.7 Å². The van der Waals surface area contributed by atoms with Crippen LogP contribution < -0.4 is 21.5 Å². The van der Waals surface area contributed by atoms with Crippen molar-refractivity contribution in [3.63, 3.8) is 0 Å². The normalized spacial score (nSPS) is 14.5. The monoisotopic (exact) mass is 554 g/mol. The van der Waals surface area contributed by atoms with E-state index in [0.717, 1.165) is 29.7 Å². The van der Waals surface area contributed by atoms with Crippen molar-refractivity contribution in [3.05, 3.63) is 59.7 Å². The lowest BCUT2D eigenvalue weighted by molar-refractivity contribution is -0.137. The zero-order chi connectivity index (χ0) is 28.2. The number of nitrogens with one attached hydrogen (secondary N) is 3. The summed E-state index contributed by atoms with van der Waals surface area (Å²) in [7, 11) is 0. The van der Waals surface area contributed by atoms with Crippen LogP contribution in [0.25, 0.3) is 0 Å². The summed E-state index contributed by atoms with van der Waals surface area (Å²) in [6.45, 7) is 1.54. The molecule has 1 aliphatic heterocycles. The maximum atomic E-state index is 13.7. The lowest BCUT2D eigenvalue weighted by atomic mass is 9.91. The first-order chi connectivity index (χ1) is 18.7. The Morgan fingerprint density at radius 2 is 1.85 bits per heavy atom. The van der Waals surface area contributed by atoms with Crippen LogP contribution in [0, 0.1) is 11.3 Å². The van der Waals surface area contributed by atoms with Crippen LogP contribution in [-0.4, -0.2) is 59.3 Å². The number of carboxylic acids is 1. The van der Waals surface area contributed by atoms with Crippen molar-refractivity contribution in [2.75, 3.05) is 25.0 Å². The van der Waals surface area contributed by atoms with Crippen molar-refractivity contribution in [2.24, 2.45) is 17.4 Å². The molecular formula is C28H38N6O4S. The lowest BCUT2D eigenvalue weighted by Crippen LogP contribution is -2.48. The van der Waals surface area contributed by atoms with Crippen molar-refractivity contribution in [3.8, 4) is 0 Å². The van der Waals surface area contributed by atoms with Gasteiger partial charge < -0.3 is 26.8 Å². The number of likely N-dealkylation sites (tertiary alicyclic amines) is 1. The number of amidine groups is 1. The van der Waals surface area contributed by atoms with Gasteiger partial charge in [0.1, 0.15) is 11.9 Å². The van der Waals surface area contributed by atoms with Crippen LogP contribution in [0.3, 0.4) is 0 Å². The molecule has 1 heterocycles. The number of rotatable bonds is 14. The molecule has 1 saturated heterocycles. The summed E-state index contributed by atoms with van der Waals surface area (Å²) >= 11 is 1.32. The Labute approximate surface area is 233 Å². The number of benzene rings is 2. The van der Waals surface area contributed by atoms with Gasteiger partial charge in [0, 0.05) is 48.6 Å². The zero-order valence-corrected chi connectivity index (χ0v) is 22.8. The summed E-state index contributed by atoms with van der Waals surface area (Å²) < 4.78 is 3.34. The van der Waals surface area contributed by atoms with Crippen LogP contribution in [0.5, 0.6) is 0 Å². The van der Waals surface area contributed by atoms with Gasteiger partial charge in [-0.2, -0.15) is 0 Å². The third kappa shape index (κ3) is 10.0. The number of amides is 2. The van der Waals surface area contributed by atoms with E-state index >= 15 is 0 Å². The Kier molecular flexibility index (Phi) is 11.8. The van der Waals surface area contributed by atoms with E-state index in [1.807, 2.05) is 41.3 Å². The summed E-state index contributed by atoms with van der Waals surface area (Å²) in [4.78, 5) is 39.1. The Morgan fingerprint density at radius 3 is 2.54 bits per heavy atom. The SMILES string of the molecule is N=C(N)c1cccc(C[C@H](NSc2cccc(NC(=O)CCN)c2)C(=O)N2CCC(CCCC(=O)O)CC2)c1. The zero-order valence-electron chi connectivity index (χ0n) is 22.0. The van der Waals surface area contributed by atoms with Gasteiger partial charge in [0.25, 0.3) is 0 Å². The molecule has 11 heteroatoms. The second-order valence-corrected chi connectivity index (χ2v) is 10.7. The van der Waals surface area contributed by atoms with E-state index in [4.69, 9.17) is 22.0 Å². The van der Waals surface area contributed by atoms with Gasteiger partial charge in [-0.15, -0.1) is 0 Å². The highest BCUT2D eigenvalue weighted by atomic mass is 32.2. The maximum Gasteiger partial charge on any atom is 0.303 e. The van der Waals surface area contributed by atoms with Crippen LogP contribution in [0.2, 0.25) is 0 Å². The number of hydrogen-bond donors (Lipinski definition) is 6. The molecule has 210 valence electrons. The van der Waals surface area contributed by atoms with Crippen molar-refractivity contribution in [2.45, 2.75) is 55.9 Å². The minimum absolute atomic E-state index is 0.00730. The summed E-state index contributed by atoms with van der Waals surface area (Å²) in [5, 5.41) is 19.5. The molecule has 0 bridgehead atoms. The molecule has 1 fully saturated rings. The third-order valence-corrected chi connectivity index (χ3v) is 7.61. The molecule has 3 rings (SSSR count).